The minimum Gasteiger partial charge on any atom is -0.355 e. The van der Waals surface area contributed by atoms with E-state index in [0.717, 1.165) is 12.0 Å². The van der Waals surface area contributed by atoms with E-state index < -0.39 is 10.0 Å². The van der Waals surface area contributed by atoms with Gasteiger partial charge in [-0.2, -0.15) is 0 Å². The maximum Gasteiger partial charge on any atom is 0.242 e. The van der Waals surface area contributed by atoms with Gasteiger partial charge in [0.25, 0.3) is 0 Å². The number of hydrogen-bond acceptors (Lipinski definition) is 4. The number of thioether (sulfide) groups is 1. The predicted molar refractivity (Wildman–Crippen MR) is 86.8 cm³/mol. The number of nitrogens with one attached hydrogen (secondary N) is 1. The van der Waals surface area contributed by atoms with Gasteiger partial charge >= 0.3 is 0 Å². The van der Waals surface area contributed by atoms with Gasteiger partial charge in [-0.25, -0.2) is 12.7 Å². The summed E-state index contributed by atoms with van der Waals surface area (Å²) in [5.74, 6) is 1.000. The van der Waals surface area contributed by atoms with Crippen LogP contribution in [0, 0.1) is 0 Å². The zero-order chi connectivity index (χ0) is 15.9. The lowest BCUT2D eigenvalue weighted by atomic mass is 10.2. The van der Waals surface area contributed by atoms with Crippen LogP contribution in [0.2, 0.25) is 0 Å². The molecule has 7 heteroatoms. The van der Waals surface area contributed by atoms with Crippen molar-refractivity contribution >= 4 is 27.7 Å². The van der Waals surface area contributed by atoms with Gasteiger partial charge in [-0.1, -0.05) is 19.1 Å². The van der Waals surface area contributed by atoms with Gasteiger partial charge in [0.15, 0.2) is 0 Å². The quantitative estimate of drug-likeness (QED) is 0.788. The zero-order valence-corrected chi connectivity index (χ0v) is 14.3. The highest BCUT2D eigenvalue weighted by atomic mass is 32.2. The summed E-state index contributed by atoms with van der Waals surface area (Å²) in [5.41, 5.74) is 0.895. The van der Waals surface area contributed by atoms with E-state index in [0.29, 0.717) is 18.1 Å². The molecule has 1 aromatic carbocycles. The van der Waals surface area contributed by atoms with E-state index in [9.17, 15) is 13.2 Å². The largest absolute Gasteiger partial charge is 0.355 e. The third kappa shape index (κ3) is 5.68. The van der Waals surface area contributed by atoms with E-state index in [2.05, 4.69) is 5.32 Å². The molecule has 118 valence electrons. The minimum absolute atomic E-state index is 0.0129. The SMILES string of the molecule is CCCNC(=O)CSCc1cccc(S(=O)(=O)N(C)C)c1. The van der Waals surface area contributed by atoms with Crippen molar-refractivity contribution in [1.29, 1.82) is 0 Å². The highest BCUT2D eigenvalue weighted by molar-refractivity contribution is 7.99. The Morgan fingerprint density at radius 1 is 1.33 bits per heavy atom. The summed E-state index contributed by atoms with van der Waals surface area (Å²) in [7, 11) is -0.390. The van der Waals surface area contributed by atoms with Gasteiger partial charge in [0, 0.05) is 26.4 Å². The molecular formula is C14H22N2O3S2. The summed E-state index contributed by atoms with van der Waals surface area (Å²) in [6, 6.07) is 6.83. The van der Waals surface area contributed by atoms with Gasteiger partial charge in [0.1, 0.15) is 0 Å². The molecule has 0 saturated carbocycles. The van der Waals surface area contributed by atoms with E-state index in [4.69, 9.17) is 0 Å². The second-order valence-electron chi connectivity index (χ2n) is 4.78. The lowest BCUT2D eigenvalue weighted by molar-refractivity contribution is -0.118. The molecule has 5 nitrogen and oxygen atoms in total. The minimum atomic E-state index is -3.41. The van der Waals surface area contributed by atoms with Gasteiger partial charge in [-0.3, -0.25) is 4.79 Å². The van der Waals surface area contributed by atoms with E-state index in [1.165, 1.54) is 30.2 Å². The van der Waals surface area contributed by atoms with Crippen molar-refractivity contribution in [2.75, 3.05) is 26.4 Å². The van der Waals surface area contributed by atoms with Crippen LogP contribution >= 0.6 is 11.8 Å². The molecular weight excluding hydrogens is 308 g/mol. The molecule has 0 unspecified atom stereocenters. The molecule has 0 aromatic heterocycles. The fourth-order valence-corrected chi connectivity index (χ4v) is 3.36. The molecule has 0 aliphatic heterocycles. The molecule has 1 amide bonds. The lowest BCUT2D eigenvalue weighted by Crippen LogP contribution is -2.25. The van der Waals surface area contributed by atoms with E-state index in [-0.39, 0.29) is 10.8 Å². The van der Waals surface area contributed by atoms with Gasteiger partial charge in [0.05, 0.1) is 10.6 Å². The third-order valence-electron chi connectivity index (χ3n) is 2.75. The van der Waals surface area contributed by atoms with Crippen LogP contribution in [-0.4, -0.2) is 45.0 Å². The van der Waals surface area contributed by atoms with Gasteiger partial charge in [0.2, 0.25) is 15.9 Å². The summed E-state index contributed by atoms with van der Waals surface area (Å²) in [6.07, 6.45) is 0.918. The van der Waals surface area contributed by atoms with Crippen molar-refractivity contribution in [2.45, 2.75) is 24.0 Å². The molecule has 0 fully saturated rings. The fraction of sp³-hybridized carbons (Fsp3) is 0.500. The number of benzene rings is 1. The molecule has 0 aliphatic rings. The smallest absolute Gasteiger partial charge is 0.242 e. The van der Waals surface area contributed by atoms with Crippen molar-refractivity contribution < 1.29 is 13.2 Å². The van der Waals surface area contributed by atoms with Gasteiger partial charge < -0.3 is 5.32 Å². The highest BCUT2D eigenvalue weighted by Crippen LogP contribution is 2.18. The maximum absolute atomic E-state index is 12.0. The molecule has 0 atom stereocenters. The van der Waals surface area contributed by atoms with Crippen LogP contribution in [0.3, 0.4) is 0 Å². The first-order valence-corrected chi connectivity index (χ1v) is 9.33. The van der Waals surface area contributed by atoms with Crippen LogP contribution < -0.4 is 5.32 Å². The molecule has 21 heavy (non-hydrogen) atoms. The Kier molecular flexibility index (Phi) is 7.21. The first kappa shape index (κ1) is 18.0. The van der Waals surface area contributed by atoms with Crippen LogP contribution in [-0.2, 0) is 20.6 Å². The maximum atomic E-state index is 12.0. The monoisotopic (exact) mass is 330 g/mol. The number of hydrogen-bond donors (Lipinski definition) is 1. The molecule has 0 heterocycles. The van der Waals surface area contributed by atoms with E-state index in [1.807, 2.05) is 13.0 Å². The standard InChI is InChI=1S/C14H22N2O3S2/c1-4-8-15-14(17)11-20-10-12-6-5-7-13(9-12)21(18,19)16(2)3/h5-7,9H,4,8,10-11H2,1-3H3,(H,15,17). The first-order valence-electron chi connectivity index (χ1n) is 6.74. The average Bonchev–Trinajstić information content (AvgIpc) is 2.45. The zero-order valence-electron chi connectivity index (χ0n) is 12.6. The van der Waals surface area contributed by atoms with Crippen molar-refractivity contribution in [3.8, 4) is 0 Å². The second kappa shape index (κ2) is 8.41. The molecule has 0 aliphatic carbocycles. The Balaban J connectivity index is 2.60. The Hall–Kier alpha value is -1.05. The second-order valence-corrected chi connectivity index (χ2v) is 7.92. The van der Waals surface area contributed by atoms with Crippen molar-refractivity contribution in [3.05, 3.63) is 29.8 Å². The Morgan fingerprint density at radius 3 is 2.67 bits per heavy atom. The van der Waals surface area contributed by atoms with Crippen LogP contribution in [0.4, 0.5) is 0 Å². The molecule has 1 aromatic rings. The van der Waals surface area contributed by atoms with Crippen molar-refractivity contribution in [3.63, 3.8) is 0 Å². The normalized spacial score (nSPS) is 11.6. The molecule has 0 saturated heterocycles. The number of carbonyl (C=O) groups is 1. The van der Waals surface area contributed by atoms with E-state index in [1.54, 1.807) is 18.2 Å². The summed E-state index contributed by atoms with van der Waals surface area (Å²) < 4.78 is 25.3. The van der Waals surface area contributed by atoms with Crippen LogP contribution in [0.1, 0.15) is 18.9 Å². The van der Waals surface area contributed by atoms with Crippen LogP contribution in [0.15, 0.2) is 29.2 Å². The molecule has 0 spiro atoms. The Morgan fingerprint density at radius 2 is 2.05 bits per heavy atom. The lowest BCUT2D eigenvalue weighted by Gasteiger charge is -2.12. The average molecular weight is 330 g/mol. The molecule has 0 radical (unpaired) electrons. The molecule has 1 N–H and O–H groups in total. The number of sulfonamides is 1. The van der Waals surface area contributed by atoms with Gasteiger partial charge in [-0.15, -0.1) is 11.8 Å². The number of amides is 1. The molecule has 0 bridgehead atoms. The fourth-order valence-electron chi connectivity index (χ4n) is 1.58. The number of rotatable bonds is 8. The summed E-state index contributed by atoms with van der Waals surface area (Å²) >= 11 is 1.47. The topological polar surface area (TPSA) is 66.5 Å². The predicted octanol–water partition coefficient (Wildman–Crippen LogP) is 1.70. The highest BCUT2D eigenvalue weighted by Gasteiger charge is 2.17. The first-order chi connectivity index (χ1) is 9.87. The van der Waals surface area contributed by atoms with Crippen LogP contribution in [0.5, 0.6) is 0 Å². The van der Waals surface area contributed by atoms with E-state index >= 15 is 0 Å². The Bertz CT molecular complexity index is 571. The third-order valence-corrected chi connectivity index (χ3v) is 5.57. The molecule has 1 rings (SSSR count). The van der Waals surface area contributed by atoms with Crippen molar-refractivity contribution in [1.82, 2.24) is 9.62 Å². The van der Waals surface area contributed by atoms with Crippen LogP contribution in [0.25, 0.3) is 0 Å². The number of carbonyl (C=O) groups excluding carboxylic acids is 1. The Labute approximate surface area is 131 Å². The summed E-state index contributed by atoms with van der Waals surface area (Å²) in [5, 5.41) is 2.81. The van der Waals surface area contributed by atoms with Gasteiger partial charge in [-0.05, 0) is 24.1 Å². The summed E-state index contributed by atoms with van der Waals surface area (Å²) in [6.45, 7) is 2.69. The number of nitrogens with zero attached hydrogens (tertiary/aromatic N) is 1. The summed E-state index contributed by atoms with van der Waals surface area (Å²) in [4.78, 5) is 11.8. The van der Waals surface area contributed by atoms with Crippen molar-refractivity contribution in [2.24, 2.45) is 0 Å².